The van der Waals surface area contributed by atoms with Crippen LogP contribution in [0.15, 0.2) is 24.3 Å². The molecule has 0 spiro atoms. The Morgan fingerprint density at radius 3 is 2.20 bits per heavy atom. The molecule has 5 nitrogen and oxygen atoms in total. The molecule has 25 heavy (non-hydrogen) atoms. The first-order chi connectivity index (χ1) is 11.8. The summed E-state index contributed by atoms with van der Waals surface area (Å²) in [7, 11) is 0. The Hall–Kier alpha value is -2.08. The van der Waals surface area contributed by atoms with Gasteiger partial charge in [0.15, 0.2) is 0 Å². The van der Waals surface area contributed by atoms with Gasteiger partial charge in [0, 0.05) is 11.5 Å². The first-order valence-electron chi connectivity index (χ1n) is 8.55. The van der Waals surface area contributed by atoms with Gasteiger partial charge in [0.2, 0.25) is 5.13 Å². The Balaban J connectivity index is 2.07. The molecule has 0 aliphatic heterocycles. The molecule has 134 valence electrons. The van der Waals surface area contributed by atoms with Crippen molar-refractivity contribution < 1.29 is 9.59 Å². The van der Waals surface area contributed by atoms with Crippen molar-refractivity contribution in [3.05, 3.63) is 40.4 Å². The summed E-state index contributed by atoms with van der Waals surface area (Å²) in [6.07, 6.45) is 1.94. The fraction of sp³-hybridized carbons (Fsp3) is 0.474. The normalized spacial score (nSPS) is 11.6. The molecule has 1 heterocycles. The second-order valence-corrected chi connectivity index (χ2v) is 8.08. The van der Waals surface area contributed by atoms with Gasteiger partial charge < -0.3 is 0 Å². The second-order valence-electron chi connectivity index (χ2n) is 7.07. The number of nitrogens with zero attached hydrogens (tertiary/aromatic N) is 2. The zero-order chi connectivity index (χ0) is 18.6. The van der Waals surface area contributed by atoms with Crippen molar-refractivity contribution in [2.75, 3.05) is 5.32 Å². The maximum atomic E-state index is 12.3. The van der Waals surface area contributed by atoms with E-state index in [2.05, 4.69) is 50.1 Å². The number of aromatic nitrogens is 2. The zero-order valence-corrected chi connectivity index (χ0v) is 16.2. The first kappa shape index (κ1) is 19.2. The van der Waals surface area contributed by atoms with E-state index in [1.807, 2.05) is 12.1 Å². The van der Waals surface area contributed by atoms with Gasteiger partial charge >= 0.3 is 0 Å². The smallest absolute Gasteiger partial charge is 0.294 e. The highest BCUT2D eigenvalue weighted by atomic mass is 32.1. The topological polar surface area (TPSA) is 72.0 Å². The maximum Gasteiger partial charge on any atom is 0.298 e. The lowest BCUT2D eigenvalue weighted by molar-refractivity contribution is -0.112. The van der Waals surface area contributed by atoms with Gasteiger partial charge in [-0.05, 0) is 23.8 Å². The van der Waals surface area contributed by atoms with Gasteiger partial charge in [-0.2, -0.15) is 0 Å². The second kappa shape index (κ2) is 7.87. The number of hydrogen-bond donors (Lipinski definition) is 1. The van der Waals surface area contributed by atoms with Gasteiger partial charge in [-0.3, -0.25) is 14.9 Å². The van der Waals surface area contributed by atoms with Crippen molar-refractivity contribution >= 4 is 28.2 Å². The van der Waals surface area contributed by atoms with Crippen molar-refractivity contribution in [2.45, 2.75) is 58.8 Å². The van der Waals surface area contributed by atoms with Crippen molar-refractivity contribution in [1.29, 1.82) is 0 Å². The Bertz CT molecular complexity index is 741. The van der Waals surface area contributed by atoms with Gasteiger partial charge in [0.05, 0.1) is 0 Å². The van der Waals surface area contributed by atoms with Gasteiger partial charge in [0.25, 0.3) is 11.7 Å². The average molecular weight is 359 g/mol. The minimum Gasteiger partial charge on any atom is -0.294 e. The summed E-state index contributed by atoms with van der Waals surface area (Å²) < 4.78 is 0. The van der Waals surface area contributed by atoms with E-state index in [9.17, 15) is 9.59 Å². The molecule has 0 unspecified atom stereocenters. The summed E-state index contributed by atoms with van der Waals surface area (Å²) in [6, 6.07) is 7.16. The number of nitrogens with one attached hydrogen (secondary N) is 1. The SMILES string of the molecule is CCC(CC)c1nnc(NC(=O)C(=O)c2ccc(C(C)(C)C)cc2)s1. The van der Waals surface area contributed by atoms with Gasteiger partial charge in [0.1, 0.15) is 5.01 Å². The van der Waals surface area contributed by atoms with Crippen LogP contribution in [-0.4, -0.2) is 21.9 Å². The zero-order valence-electron chi connectivity index (χ0n) is 15.4. The highest BCUT2D eigenvalue weighted by molar-refractivity contribution is 7.15. The predicted molar refractivity (Wildman–Crippen MR) is 101 cm³/mol. The molecule has 0 fully saturated rings. The van der Waals surface area contributed by atoms with Gasteiger partial charge in [-0.25, -0.2) is 0 Å². The van der Waals surface area contributed by atoms with Crippen molar-refractivity contribution in [2.24, 2.45) is 0 Å². The molecular formula is C19H25N3O2S. The van der Waals surface area contributed by atoms with E-state index in [1.165, 1.54) is 11.3 Å². The van der Waals surface area contributed by atoms with Crippen molar-refractivity contribution in [1.82, 2.24) is 10.2 Å². The van der Waals surface area contributed by atoms with E-state index in [-0.39, 0.29) is 5.41 Å². The summed E-state index contributed by atoms with van der Waals surface area (Å²) in [5.41, 5.74) is 1.49. The molecule has 0 atom stereocenters. The molecule has 0 aliphatic carbocycles. The van der Waals surface area contributed by atoms with Crippen LogP contribution in [-0.2, 0) is 10.2 Å². The molecule has 0 saturated heterocycles. The molecule has 2 rings (SSSR count). The molecule has 0 radical (unpaired) electrons. The summed E-state index contributed by atoms with van der Waals surface area (Å²) >= 11 is 1.33. The third-order valence-corrected chi connectivity index (χ3v) is 5.22. The molecule has 0 aliphatic rings. The molecule has 0 saturated carbocycles. The van der Waals surface area contributed by atoms with Gasteiger partial charge in [-0.15, -0.1) is 10.2 Å². The van der Waals surface area contributed by atoms with E-state index < -0.39 is 11.7 Å². The number of Topliss-reactive ketones (excluding diaryl/α,β-unsaturated/α-hetero) is 1. The van der Waals surface area contributed by atoms with E-state index in [4.69, 9.17) is 0 Å². The Morgan fingerprint density at radius 2 is 1.68 bits per heavy atom. The number of benzene rings is 1. The first-order valence-corrected chi connectivity index (χ1v) is 9.37. The van der Waals surface area contributed by atoms with E-state index >= 15 is 0 Å². The summed E-state index contributed by atoms with van der Waals surface area (Å²) in [6.45, 7) is 10.5. The van der Waals surface area contributed by atoms with Crippen molar-refractivity contribution in [3.63, 3.8) is 0 Å². The largest absolute Gasteiger partial charge is 0.298 e. The van der Waals surface area contributed by atoms with E-state index in [1.54, 1.807) is 12.1 Å². The number of amides is 1. The Kier molecular flexibility index (Phi) is 6.06. The highest BCUT2D eigenvalue weighted by Crippen LogP contribution is 2.28. The number of anilines is 1. The number of rotatable bonds is 6. The van der Waals surface area contributed by atoms with Crippen molar-refractivity contribution in [3.8, 4) is 0 Å². The van der Waals surface area contributed by atoms with Crippen LogP contribution in [0.4, 0.5) is 5.13 Å². The molecule has 6 heteroatoms. The minimum absolute atomic E-state index is 0.00188. The van der Waals surface area contributed by atoms with E-state index in [0.29, 0.717) is 16.6 Å². The van der Waals surface area contributed by atoms with E-state index in [0.717, 1.165) is 23.4 Å². The lowest BCUT2D eigenvalue weighted by Gasteiger charge is -2.18. The van der Waals surface area contributed by atoms with Crippen LogP contribution in [0, 0.1) is 0 Å². The minimum atomic E-state index is -0.684. The number of ketones is 1. The molecule has 1 N–H and O–H groups in total. The van der Waals surface area contributed by atoms with Crippen LogP contribution in [0.25, 0.3) is 0 Å². The number of hydrogen-bond acceptors (Lipinski definition) is 5. The monoisotopic (exact) mass is 359 g/mol. The molecule has 1 amide bonds. The molecule has 2 aromatic rings. The number of carbonyl (C=O) groups excluding carboxylic acids is 2. The Labute approximate surface area is 152 Å². The fourth-order valence-corrected chi connectivity index (χ4v) is 3.50. The lowest BCUT2D eigenvalue weighted by atomic mass is 9.86. The lowest BCUT2D eigenvalue weighted by Crippen LogP contribution is -2.23. The molecule has 1 aromatic heterocycles. The van der Waals surface area contributed by atoms with Crippen LogP contribution in [0.3, 0.4) is 0 Å². The summed E-state index contributed by atoms with van der Waals surface area (Å²) in [4.78, 5) is 24.5. The van der Waals surface area contributed by atoms with Crippen LogP contribution in [0.2, 0.25) is 0 Å². The maximum absolute atomic E-state index is 12.3. The molecule has 1 aromatic carbocycles. The fourth-order valence-electron chi connectivity index (χ4n) is 2.49. The summed E-state index contributed by atoms with van der Waals surface area (Å²) in [5, 5.41) is 11.9. The third kappa shape index (κ3) is 4.72. The molecular weight excluding hydrogens is 334 g/mol. The van der Waals surface area contributed by atoms with Gasteiger partial charge in [-0.1, -0.05) is 70.2 Å². The Morgan fingerprint density at radius 1 is 1.08 bits per heavy atom. The number of carbonyl (C=O) groups is 2. The van der Waals surface area contributed by atoms with Crippen LogP contribution < -0.4 is 5.32 Å². The summed E-state index contributed by atoms with van der Waals surface area (Å²) in [5.74, 6) is -0.917. The quantitative estimate of drug-likeness (QED) is 0.606. The average Bonchev–Trinajstić information content (AvgIpc) is 3.03. The van der Waals surface area contributed by atoms with Crippen LogP contribution in [0.1, 0.15) is 74.3 Å². The standard InChI is InChI=1S/C19H25N3O2S/c1-6-12(7-2)17-21-22-18(25-17)20-16(24)15(23)13-8-10-14(11-9-13)19(3,4)5/h8-12H,6-7H2,1-5H3,(H,20,22,24). The third-order valence-electron chi connectivity index (χ3n) is 4.22. The van der Waals surface area contributed by atoms with Crippen LogP contribution in [0.5, 0.6) is 0 Å². The predicted octanol–water partition coefficient (Wildman–Crippen LogP) is 4.56. The van der Waals surface area contributed by atoms with Crippen LogP contribution >= 0.6 is 11.3 Å². The highest BCUT2D eigenvalue weighted by Gasteiger charge is 2.21. The molecule has 0 bridgehead atoms.